The second-order valence-corrected chi connectivity index (χ2v) is 3.69. The van der Waals surface area contributed by atoms with E-state index >= 15 is 0 Å². The summed E-state index contributed by atoms with van der Waals surface area (Å²) in [7, 11) is 0. The SMILES string of the molecule is C/C(=C\CCCl)c1cccc(Cl)c1. The van der Waals surface area contributed by atoms with Crippen molar-refractivity contribution >= 4 is 28.8 Å². The summed E-state index contributed by atoms with van der Waals surface area (Å²) in [5, 5.41) is 0.774. The van der Waals surface area contributed by atoms with E-state index in [2.05, 4.69) is 13.0 Å². The quantitative estimate of drug-likeness (QED) is 0.656. The van der Waals surface area contributed by atoms with Crippen molar-refractivity contribution in [2.45, 2.75) is 13.3 Å². The van der Waals surface area contributed by atoms with Crippen molar-refractivity contribution in [1.82, 2.24) is 0 Å². The molecule has 0 amide bonds. The topological polar surface area (TPSA) is 0 Å². The number of hydrogen-bond acceptors (Lipinski definition) is 0. The summed E-state index contributed by atoms with van der Waals surface area (Å²) in [6.07, 6.45) is 3.03. The third-order valence-corrected chi connectivity index (χ3v) is 2.29. The fourth-order valence-electron chi connectivity index (χ4n) is 1.12. The molecule has 2 heteroatoms. The van der Waals surface area contributed by atoms with Crippen molar-refractivity contribution < 1.29 is 0 Å². The van der Waals surface area contributed by atoms with Gasteiger partial charge in [-0.2, -0.15) is 0 Å². The molecule has 0 aliphatic heterocycles. The third kappa shape index (κ3) is 3.41. The Balaban J connectivity index is 2.82. The molecule has 0 fully saturated rings. The van der Waals surface area contributed by atoms with E-state index in [1.807, 2.05) is 24.3 Å². The van der Waals surface area contributed by atoms with Gasteiger partial charge in [0.2, 0.25) is 0 Å². The summed E-state index contributed by atoms with van der Waals surface area (Å²) in [4.78, 5) is 0. The Labute approximate surface area is 89.2 Å². The van der Waals surface area contributed by atoms with Crippen LogP contribution < -0.4 is 0 Å². The fraction of sp³-hybridized carbons (Fsp3) is 0.273. The van der Waals surface area contributed by atoms with E-state index in [0.29, 0.717) is 5.88 Å². The Bertz CT molecular complexity index is 303. The van der Waals surface area contributed by atoms with Crippen LogP contribution >= 0.6 is 23.2 Å². The van der Waals surface area contributed by atoms with Gasteiger partial charge in [-0.1, -0.05) is 29.8 Å². The van der Waals surface area contributed by atoms with Gasteiger partial charge in [0.05, 0.1) is 0 Å². The first kappa shape index (κ1) is 10.6. The third-order valence-electron chi connectivity index (χ3n) is 1.84. The Morgan fingerprint density at radius 3 is 2.85 bits per heavy atom. The molecule has 0 aliphatic carbocycles. The largest absolute Gasteiger partial charge is 0.126 e. The highest BCUT2D eigenvalue weighted by Crippen LogP contribution is 2.18. The summed E-state index contributed by atoms with van der Waals surface area (Å²) in [5.41, 5.74) is 2.39. The van der Waals surface area contributed by atoms with E-state index < -0.39 is 0 Å². The molecule has 1 rings (SSSR count). The van der Waals surface area contributed by atoms with Gasteiger partial charge < -0.3 is 0 Å². The summed E-state index contributed by atoms with van der Waals surface area (Å²) < 4.78 is 0. The average molecular weight is 215 g/mol. The van der Waals surface area contributed by atoms with Crippen molar-refractivity contribution in [3.8, 4) is 0 Å². The van der Waals surface area contributed by atoms with Crippen LogP contribution in [0.5, 0.6) is 0 Å². The molecule has 0 aliphatic rings. The van der Waals surface area contributed by atoms with Gasteiger partial charge in [-0.3, -0.25) is 0 Å². The molecule has 0 N–H and O–H groups in total. The van der Waals surface area contributed by atoms with Crippen LogP contribution in [0.1, 0.15) is 18.9 Å². The molecule has 0 bridgehead atoms. The normalized spacial score (nSPS) is 11.8. The van der Waals surface area contributed by atoms with Crippen LogP contribution in [0, 0.1) is 0 Å². The second kappa shape index (κ2) is 5.31. The van der Waals surface area contributed by atoms with Crippen LogP contribution in [-0.2, 0) is 0 Å². The van der Waals surface area contributed by atoms with Gasteiger partial charge >= 0.3 is 0 Å². The van der Waals surface area contributed by atoms with Crippen LogP contribution in [0.15, 0.2) is 30.3 Å². The van der Waals surface area contributed by atoms with Crippen molar-refractivity contribution in [2.24, 2.45) is 0 Å². The summed E-state index contributed by atoms with van der Waals surface area (Å²) in [6, 6.07) is 7.84. The van der Waals surface area contributed by atoms with Crippen molar-refractivity contribution in [1.29, 1.82) is 0 Å². The van der Waals surface area contributed by atoms with Gasteiger partial charge in [-0.15, -0.1) is 11.6 Å². The lowest BCUT2D eigenvalue weighted by Gasteiger charge is -2.01. The Hall–Kier alpha value is -0.460. The zero-order chi connectivity index (χ0) is 9.68. The predicted octanol–water partition coefficient (Wildman–Crippen LogP) is 4.37. The van der Waals surface area contributed by atoms with E-state index in [1.165, 1.54) is 5.57 Å². The first-order chi connectivity index (χ1) is 6.24. The number of alkyl halides is 1. The lowest BCUT2D eigenvalue weighted by atomic mass is 10.1. The minimum absolute atomic E-state index is 0.665. The number of benzene rings is 1. The number of allylic oxidation sites excluding steroid dienone is 2. The fourth-order valence-corrected chi connectivity index (χ4v) is 1.42. The minimum atomic E-state index is 0.665. The van der Waals surface area contributed by atoms with E-state index in [-0.39, 0.29) is 0 Å². The van der Waals surface area contributed by atoms with E-state index in [4.69, 9.17) is 23.2 Å². The first-order valence-electron chi connectivity index (χ1n) is 4.22. The molecule has 70 valence electrons. The summed E-state index contributed by atoms with van der Waals surface area (Å²) in [6.45, 7) is 2.07. The minimum Gasteiger partial charge on any atom is -0.126 e. The first-order valence-corrected chi connectivity index (χ1v) is 5.14. The number of halogens is 2. The lowest BCUT2D eigenvalue weighted by Crippen LogP contribution is -1.79. The van der Waals surface area contributed by atoms with Crippen molar-refractivity contribution in [3.05, 3.63) is 40.9 Å². The van der Waals surface area contributed by atoms with Gasteiger partial charge in [-0.05, 0) is 36.6 Å². The Morgan fingerprint density at radius 1 is 1.46 bits per heavy atom. The molecular weight excluding hydrogens is 203 g/mol. The Kier molecular flexibility index (Phi) is 4.34. The highest BCUT2D eigenvalue weighted by Gasteiger charge is 1.95. The molecule has 0 unspecified atom stereocenters. The molecule has 13 heavy (non-hydrogen) atoms. The van der Waals surface area contributed by atoms with Crippen LogP contribution in [0.2, 0.25) is 5.02 Å². The number of hydrogen-bond donors (Lipinski definition) is 0. The van der Waals surface area contributed by atoms with Crippen LogP contribution in [0.4, 0.5) is 0 Å². The molecule has 0 heterocycles. The number of rotatable bonds is 3. The maximum Gasteiger partial charge on any atom is 0.0412 e. The maximum atomic E-state index is 5.87. The van der Waals surface area contributed by atoms with Gasteiger partial charge in [0.15, 0.2) is 0 Å². The zero-order valence-electron chi connectivity index (χ0n) is 7.56. The summed E-state index contributed by atoms with van der Waals surface area (Å²) >= 11 is 11.5. The van der Waals surface area contributed by atoms with Crippen molar-refractivity contribution in [3.63, 3.8) is 0 Å². The molecule has 1 aromatic carbocycles. The molecule has 0 saturated heterocycles. The maximum absolute atomic E-state index is 5.87. The molecule has 0 radical (unpaired) electrons. The van der Waals surface area contributed by atoms with Crippen molar-refractivity contribution in [2.75, 3.05) is 5.88 Å². The van der Waals surface area contributed by atoms with E-state index in [1.54, 1.807) is 0 Å². The molecule has 0 saturated carbocycles. The molecule has 0 nitrogen and oxygen atoms in total. The van der Waals surface area contributed by atoms with Crippen LogP contribution in [-0.4, -0.2) is 5.88 Å². The second-order valence-electron chi connectivity index (χ2n) is 2.88. The Morgan fingerprint density at radius 2 is 2.23 bits per heavy atom. The van der Waals surface area contributed by atoms with Gasteiger partial charge in [-0.25, -0.2) is 0 Å². The highest BCUT2D eigenvalue weighted by molar-refractivity contribution is 6.30. The van der Waals surface area contributed by atoms with Crippen LogP contribution in [0.25, 0.3) is 5.57 Å². The van der Waals surface area contributed by atoms with Crippen LogP contribution in [0.3, 0.4) is 0 Å². The zero-order valence-corrected chi connectivity index (χ0v) is 9.07. The smallest absolute Gasteiger partial charge is 0.0412 e. The summed E-state index contributed by atoms with van der Waals surface area (Å²) in [5.74, 6) is 0.665. The average Bonchev–Trinajstić information content (AvgIpc) is 2.14. The molecule has 1 aromatic rings. The van der Waals surface area contributed by atoms with Gasteiger partial charge in [0.1, 0.15) is 0 Å². The molecule has 0 aromatic heterocycles. The predicted molar refractivity (Wildman–Crippen MR) is 60.4 cm³/mol. The standard InChI is InChI=1S/C11H12Cl2/c1-9(4-3-7-12)10-5-2-6-11(13)8-10/h2,4-6,8H,3,7H2,1H3/b9-4+. The van der Waals surface area contributed by atoms with E-state index in [0.717, 1.165) is 17.0 Å². The monoisotopic (exact) mass is 214 g/mol. The highest BCUT2D eigenvalue weighted by atomic mass is 35.5. The van der Waals surface area contributed by atoms with E-state index in [9.17, 15) is 0 Å². The van der Waals surface area contributed by atoms with Gasteiger partial charge in [0.25, 0.3) is 0 Å². The molecule has 0 spiro atoms. The van der Waals surface area contributed by atoms with Gasteiger partial charge in [0, 0.05) is 10.9 Å². The molecule has 0 atom stereocenters. The lowest BCUT2D eigenvalue weighted by molar-refractivity contribution is 1.23. The molecular formula is C11H12Cl2.